The number of carboxylic acids is 1. The predicted molar refractivity (Wildman–Crippen MR) is 84.4 cm³/mol. The van der Waals surface area contributed by atoms with Crippen LogP contribution in [0.5, 0.6) is 5.75 Å². The van der Waals surface area contributed by atoms with Crippen molar-refractivity contribution in [3.8, 4) is 5.75 Å². The largest absolute Gasteiger partial charge is 0.493 e. The molecule has 0 aliphatic carbocycles. The summed E-state index contributed by atoms with van der Waals surface area (Å²) in [5.74, 6) is -0.535. The molecular weight excluding hydrogens is 298 g/mol. The molecule has 1 fully saturated rings. The average molecular weight is 321 g/mol. The maximum Gasteiger partial charge on any atom is 0.335 e. The van der Waals surface area contributed by atoms with Gasteiger partial charge in [-0.15, -0.1) is 0 Å². The van der Waals surface area contributed by atoms with E-state index in [0.717, 1.165) is 16.9 Å². The summed E-state index contributed by atoms with van der Waals surface area (Å²) in [6.45, 7) is 4.76. The minimum atomic E-state index is -1.70. The van der Waals surface area contributed by atoms with E-state index in [9.17, 15) is 14.7 Å². The standard InChI is InChI=1S/C17H23NO5/c1-12-3-4-14(13(2)11-12)23-10-5-15(19)18-8-6-17(22,7-9-18)16(20)21/h3-4,11,22H,5-10H2,1-2H3,(H,20,21). The molecule has 1 aromatic carbocycles. The molecule has 2 rings (SSSR count). The van der Waals surface area contributed by atoms with Crippen LogP contribution >= 0.6 is 0 Å². The van der Waals surface area contributed by atoms with Crippen molar-refractivity contribution < 1.29 is 24.5 Å². The summed E-state index contributed by atoms with van der Waals surface area (Å²) in [6, 6.07) is 5.87. The molecule has 6 heteroatoms. The number of likely N-dealkylation sites (tertiary alicyclic amines) is 1. The molecule has 126 valence electrons. The first-order chi connectivity index (χ1) is 10.8. The van der Waals surface area contributed by atoms with Gasteiger partial charge in [-0.05, 0) is 25.5 Å². The quantitative estimate of drug-likeness (QED) is 0.858. The minimum Gasteiger partial charge on any atom is -0.493 e. The predicted octanol–water partition coefficient (Wildman–Crippen LogP) is 1.51. The zero-order chi connectivity index (χ0) is 17.0. The van der Waals surface area contributed by atoms with Gasteiger partial charge in [-0.1, -0.05) is 17.7 Å². The summed E-state index contributed by atoms with van der Waals surface area (Å²) in [6.07, 6.45) is 0.358. The molecule has 0 aromatic heterocycles. The number of aliphatic carboxylic acids is 1. The van der Waals surface area contributed by atoms with Crippen LogP contribution in [0.3, 0.4) is 0 Å². The highest BCUT2D eigenvalue weighted by Gasteiger charge is 2.40. The van der Waals surface area contributed by atoms with Gasteiger partial charge in [-0.3, -0.25) is 4.79 Å². The fraction of sp³-hybridized carbons (Fsp3) is 0.529. The number of amides is 1. The average Bonchev–Trinajstić information content (AvgIpc) is 2.50. The van der Waals surface area contributed by atoms with E-state index in [1.807, 2.05) is 32.0 Å². The second-order valence-electron chi connectivity index (χ2n) is 6.08. The molecule has 0 saturated carbocycles. The molecule has 1 aromatic rings. The number of carbonyl (C=O) groups excluding carboxylic acids is 1. The Labute approximate surface area is 135 Å². The Bertz CT molecular complexity index is 591. The Balaban J connectivity index is 1.79. The van der Waals surface area contributed by atoms with E-state index in [4.69, 9.17) is 9.84 Å². The smallest absolute Gasteiger partial charge is 0.335 e. The maximum atomic E-state index is 12.1. The second kappa shape index (κ2) is 7.00. The van der Waals surface area contributed by atoms with Crippen LogP contribution in [-0.4, -0.2) is 52.3 Å². The summed E-state index contributed by atoms with van der Waals surface area (Å²) in [5, 5.41) is 18.8. The van der Waals surface area contributed by atoms with Crippen LogP contribution in [0.2, 0.25) is 0 Å². The molecule has 0 atom stereocenters. The van der Waals surface area contributed by atoms with Gasteiger partial charge in [-0.25, -0.2) is 4.79 Å². The van der Waals surface area contributed by atoms with E-state index < -0.39 is 11.6 Å². The maximum absolute atomic E-state index is 12.1. The molecule has 0 unspecified atom stereocenters. The number of nitrogens with zero attached hydrogens (tertiary/aromatic N) is 1. The number of hydrogen-bond donors (Lipinski definition) is 2. The topological polar surface area (TPSA) is 87.1 Å². The lowest BCUT2D eigenvalue weighted by molar-refractivity contribution is -0.165. The fourth-order valence-corrected chi connectivity index (χ4v) is 2.71. The number of carboxylic acid groups (broad SMARTS) is 1. The van der Waals surface area contributed by atoms with Crippen molar-refractivity contribution in [1.82, 2.24) is 4.90 Å². The van der Waals surface area contributed by atoms with Gasteiger partial charge in [0.2, 0.25) is 5.91 Å². The van der Waals surface area contributed by atoms with Gasteiger partial charge in [-0.2, -0.15) is 0 Å². The molecule has 0 spiro atoms. The fourth-order valence-electron chi connectivity index (χ4n) is 2.71. The first-order valence-electron chi connectivity index (χ1n) is 7.75. The molecule has 0 bridgehead atoms. The van der Waals surface area contributed by atoms with Crippen molar-refractivity contribution in [2.75, 3.05) is 19.7 Å². The Morgan fingerprint density at radius 1 is 1.26 bits per heavy atom. The van der Waals surface area contributed by atoms with Gasteiger partial charge in [0.15, 0.2) is 5.60 Å². The number of aryl methyl sites for hydroxylation is 2. The van der Waals surface area contributed by atoms with Gasteiger partial charge >= 0.3 is 5.97 Å². The summed E-state index contributed by atoms with van der Waals surface area (Å²) < 4.78 is 5.64. The van der Waals surface area contributed by atoms with E-state index in [2.05, 4.69) is 0 Å². The van der Waals surface area contributed by atoms with E-state index >= 15 is 0 Å². The second-order valence-corrected chi connectivity index (χ2v) is 6.08. The number of ether oxygens (including phenoxy) is 1. The normalized spacial score (nSPS) is 16.9. The first kappa shape index (κ1) is 17.3. The third kappa shape index (κ3) is 4.22. The summed E-state index contributed by atoms with van der Waals surface area (Å²) in [4.78, 5) is 24.7. The molecular formula is C17H23NO5. The van der Waals surface area contributed by atoms with E-state index in [0.29, 0.717) is 0 Å². The third-order valence-corrected chi connectivity index (χ3v) is 4.25. The SMILES string of the molecule is Cc1ccc(OCCC(=O)N2CCC(O)(C(=O)O)CC2)c(C)c1. The van der Waals surface area contributed by atoms with E-state index in [1.165, 1.54) is 0 Å². The molecule has 23 heavy (non-hydrogen) atoms. The van der Waals surface area contributed by atoms with Crippen LogP contribution < -0.4 is 4.74 Å². The van der Waals surface area contributed by atoms with Crippen LogP contribution in [0.15, 0.2) is 18.2 Å². The molecule has 1 aliphatic rings. The lowest BCUT2D eigenvalue weighted by Gasteiger charge is -2.35. The van der Waals surface area contributed by atoms with Crippen molar-refractivity contribution >= 4 is 11.9 Å². The van der Waals surface area contributed by atoms with Gasteiger partial charge in [0, 0.05) is 25.9 Å². The van der Waals surface area contributed by atoms with Gasteiger partial charge in [0.05, 0.1) is 13.0 Å². The Morgan fingerprint density at radius 2 is 1.91 bits per heavy atom. The van der Waals surface area contributed by atoms with E-state index in [-0.39, 0.29) is 44.9 Å². The number of piperidine rings is 1. The Morgan fingerprint density at radius 3 is 2.48 bits per heavy atom. The highest BCUT2D eigenvalue weighted by Crippen LogP contribution is 2.23. The molecule has 1 heterocycles. The molecule has 1 amide bonds. The number of benzene rings is 1. The monoisotopic (exact) mass is 321 g/mol. The molecule has 6 nitrogen and oxygen atoms in total. The van der Waals surface area contributed by atoms with Crippen LogP contribution in [0, 0.1) is 13.8 Å². The zero-order valence-electron chi connectivity index (χ0n) is 13.5. The number of hydrogen-bond acceptors (Lipinski definition) is 4. The van der Waals surface area contributed by atoms with Crippen molar-refractivity contribution in [2.45, 2.75) is 38.7 Å². The van der Waals surface area contributed by atoms with Crippen molar-refractivity contribution in [1.29, 1.82) is 0 Å². The van der Waals surface area contributed by atoms with Gasteiger partial charge in [0.25, 0.3) is 0 Å². The van der Waals surface area contributed by atoms with Crippen molar-refractivity contribution in [3.63, 3.8) is 0 Å². The third-order valence-electron chi connectivity index (χ3n) is 4.25. The zero-order valence-corrected chi connectivity index (χ0v) is 13.5. The van der Waals surface area contributed by atoms with Crippen LogP contribution in [0.25, 0.3) is 0 Å². The number of aliphatic hydroxyl groups is 1. The van der Waals surface area contributed by atoms with Gasteiger partial charge in [0.1, 0.15) is 5.75 Å². The van der Waals surface area contributed by atoms with Crippen molar-refractivity contribution in [3.05, 3.63) is 29.3 Å². The molecule has 1 aliphatic heterocycles. The van der Waals surface area contributed by atoms with E-state index in [1.54, 1.807) is 4.90 Å². The van der Waals surface area contributed by atoms with Crippen LogP contribution in [0.4, 0.5) is 0 Å². The summed E-state index contributed by atoms with van der Waals surface area (Å²) in [7, 11) is 0. The molecule has 0 radical (unpaired) electrons. The lowest BCUT2D eigenvalue weighted by Crippen LogP contribution is -2.51. The Hall–Kier alpha value is -2.08. The summed E-state index contributed by atoms with van der Waals surface area (Å²) in [5.41, 5.74) is 0.485. The Kier molecular flexibility index (Phi) is 5.26. The lowest BCUT2D eigenvalue weighted by atomic mass is 9.91. The summed E-state index contributed by atoms with van der Waals surface area (Å²) >= 11 is 0. The minimum absolute atomic E-state index is 0.0615. The van der Waals surface area contributed by atoms with Crippen molar-refractivity contribution in [2.24, 2.45) is 0 Å². The highest BCUT2D eigenvalue weighted by atomic mass is 16.5. The van der Waals surface area contributed by atoms with Gasteiger partial charge < -0.3 is 19.8 Å². The molecule has 2 N–H and O–H groups in total. The molecule has 1 saturated heterocycles. The number of rotatable bonds is 5. The highest BCUT2D eigenvalue weighted by molar-refractivity contribution is 5.79. The van der Waals surface area contributed by atoms with Crippen LogP contribution in [-0.2, 0) is 9.59 Å². The number of carbonyl (C=O) groups is 2. The van der Waals surface area contributed by atoms with Crippen LogP contribution in [0.1, 0.15) is 30.4 Å². The first-order valence-corrected chi connectivity index (χ1v) is 7.75.